The molecule has 0 bridgehead atoms. The molecule has 2 aromatic carbocycles. The fourth-order valence-electron chi connectivity index (χ4n) is 2.42. The minimum atomic E-state index is -0.347. The molecule has 2 aromatic heterocycles. The van der Waals surface area contributed by atoms with Gasteiger partial charge in [-0.25, -0.2) is 9.98 Å². The van der Waals surface area contributed by atoms with Crippen molar-refractivity contribution in [1.29, 1.82) is 0 Å². The predicted molar refractivity (Wildman–Crippen MR) is 103 cm³/mol. The first-order valence-electron chi connectivity index (χ1n) is 7.73. The lowest BCUT2D eigenvalue weighted by molar-refractivity contribution is 0.102. The Morgan fingerprint density at radius 3 is 2.77 bits per heavy atom. The van der Waals surface area contributed by atoms with Crippen molar-refractivity contribution in [2.75, 3.05) is 5.32 Å². The van der Waals surface area contributed by atoms with Crippen LogP contribution in [0.4, 0.5) is 10.8 Å². The van der Waals surface area contributed by atoms with E-state index in [2.05, 4.69) is 15.3 Å². The van der Waals surface area contributed by atoms with Gasteiger partial charge in [-0.05, 0) is 36.4 Å². The van der Waals surface area contributed by atoms with E-state index in [-0.39, 0.29) is 11.5 Å². The second-order valence-corrected chi connectivity index (χ2v) is 6.72. The highest BCUT2D eigenvalue weighted by Crippen LogP contribution is 2.20. The van der Waals surface area contributed by atoms with Gasteiger partial charge in [0.15, 0.2) is 5.13 Å². The number of anilines is 1. The molecule has 4 aromatic rings. The van der Waals surface area contributed by atoms with Crippen molar-refractivity contribution in [2.45, 2.75) is 0 Å². The standard InChI is InChI=1S/C19H12ClN3O2S/c20-13-6-7-16-12(10-13)11-15(17(24)23-19-21-8-9-26-19)18(25-16)22-14-4-2-1-3-5-14/h1-11H,(H,21,23,24). The smallest absolute Gasteiger partial charge is 0.262 e. The molecule has 0 aliphatic rings. The molecular formula is C19H12ClN3O2S. The molecule has 1 N–H and O–H groups in total. The Kier molecular flexibility index (Phi) is 4.51. The first kappa shape index (κ1) is 16.5. The monoisotopic (exact) mass is 381 g/mol. The fourth-order valence-corrected chi connectivity index (χ4v) is 3.12. The van der Waals surface area contributed by atoms with Gasteiger partial charge in [0, 0.05) is 22.0 Å². The van der Waals surface area contributed by atoms with Crippen molar-refractivity contribution in [3.63, 3.8) is 0 Å². The molecule has 2 heterocycles. The van der Waals surface area contributed by atoms with Gasteiger partial charge in [0.1, 0.15) is 11.1 Å². The number of aromatic nitrogens is 1. The van der Waals surface area contributed by atoms with Gasteiger partial charge in [-0.2, -0.15) is 0 Å². The molecule has 4 rings (SSSR count). The van der Waals surface area contributed by atoms with Crippen LogP contribution in [0.15, 0.2) is 75.6 Å². The topological polar surface area (TPSA) is 67.5 Å². The fraction of sp³-hybridized carbons (Fsp3) is 0. The summed E-state index contributed by atoms with van der Waals surface area (Å²) in [6, 6.07) is 16.3. The van der Waals surface area contributed by atoms with E-state index in [9.17, 15) is 4.79 Å². The number of hydrogen-bond acceptors (Lipinski definition) is 5. The molecule has 1 amide bonds. The molecule has 5 nitrogen and oxygen atoms in total. The summed E-state index contributed by atoms with van der Waals surface area (Å²) in [5, 5.41) is 6.33. The van der Waals surface area contributed by atoms with Crippen LogP contribution in [0.25, 0.3) is 11.0 Å². The van der Waals surface area contributed by atoms with Crippen molar-refractivity contribution >= 4 is 50.6 Å². The number of nitrogens with zero attached hydrogens (tertiary/aromatic N) is 2. The average Bonchev–Trinajstić information content (AvgIpc) is 3.15. The first-order valence-corrected chi connectivity index (χ1v) is 8.99. The number of amides is 1. The molecule has 0 aliphatic carbocycles. The van der Waals surface area contributed by atoms with Gasteiger partial charge in [-0.3, -0.25) is 10.1 Å². The van der Waals surface area contributed by atoms with E-state index in [1.807, 2.05) is 30.3 Å². The Labute approximate surface area is 157 Å². The second-order valence-electron chi connectivity index (χ2n) is 5.39. The normalized spacial score (nSPS) is 11.7. The van der Waals surface area contributed by atoms with E-state index in [0.29, 0.717) is 32.4 Å². The third-order valence-corrected chi connectivity index (χ3v) is 4.52. The molecule has 26 heavy (non-hydrogen) atoms. The van der Waals surface area contributed by atoms with Crippen LogP contribution in [0, 0.1) is 0 Å². The van der Waals surface area contributed by atoms with Crippen molar-refractivity contribution in [2.24, 2.45) is 4.99 Å². The zero-order valence-electron chi connectivity index (χ0n) is 13.3. The summed E-state index contributed by atoms with van der Waals surface area (Å²) >= 11 is 7.40. The van der Waals surface area contributed by atoms with Crippen LogP contribution >= 0.6 is 22.9 Å². The summed E-state index contributed by atoms with van der Waals surface area (Å²) in [6.07, 6.45) is 1.63. The highest BCUT2D eigenvalue weighted by atomic mass is 35.5. The van der Waals surface area contributed by atoms with Gasteiger partial charge in [0.05, 0.1) is 5.69 Å². The average molecular weight is 382 g/mol. The molecule has 7 heteroatoms. The first-order chi connectivity index (χ1) is 12.7. The van der Waals surface area contributed by atoms with Crippen molar-refractivity contribution in [1.82, 2.24) is 4.98 Å². The third-order valence-electron chi connectivity index (χ3n) is 3.59. The number of carbonyl (C=O) groups excluding carboxylic acids is 1. The molecule has 0 saturated heterocycles. The molecular weight excluding hydrogens is 370 g/mol. The van der Waals surface area contributed by atoms with Crippen LogP contribution in [0.3, 0.4) is 0 Å². The lowest BCUT2D eigenvalue weighted by Gasteiger charge is -2.05. The van der Waals surface area contributed by atoms with Crippen molar-refractivity contribution in [3.8, 4) is 0 Å². The van der Waals surface area contributed by atoms with Gasteiger partial charge >= 0.3 is 0 Å². The summed E-state index contributed by atoms with van der Waals surface area (Å²) in [7, 11) is 0. The lowest BCUT2D eigenvalue weighted by atomic mass is 10.1. The van der Waals surface area contributed by atoms with E-state index < -0.39 is 0 Å². The molecule has 0 aliphatic heterocycles. The number of halogens is 1. The van der Waals surface area contributed by atoms with Gasteiger partial charge in [0.25, 0.3) is 5.91 Å². The zero-order chi connectivity index (χ0) is 17.9. The Hall–Kier alpha value is -2.96. The van der Waals surface area contributed by atoms with E-state index in [0.717, 1.165) is 0 Å². The summed E-state index contributed by atoms with van der Waals surface area (Å²) in [4.78, 5) is 21.3. The molecule has 0 unspecified atom stereocenters. The van der Waals surface area contributed by atoms with E-state index >= 15 is 0 Å². The van der Waals surface area contributed by atoms with Crippen LogP contribution in [-0.2, 0) is 0 Å². The Bertz CT molecular complexity index is 1140. The minimum absolute atomic E-state index is 0.222. The van der Waals surface area contributed by atoms with Crippen LogP contribution in [0.1, 0.15) is 10.4 Å². The number of thiazole rings is 1. The van der Waals surface area contributed by atoms with Crippen LogP contribution < -0.4 is 10.9 Å². The van der Waals surface area contributed by atoms with Gasteiger partial charge < -0.3 is 4.42 Å². The molecule has 0 spiro atoms. The summed E-state index contributed by atoms with van der Waals surface area (Å²) in [5.41, 5.74) is 1.81. The maximum absolute atomic E-state index is 12.8. The summed E-state index contributed by atoms with van der Waals surface area (Å²) in [6.45, 7) is 0. The number of benzene rings is 2. The summed E-state index contributed by atoms with van der Waals surface area (Å²) in [5.74, 6) is -0.347. The Balaban J connectivity index is 1.88. The molecule has 128 valence electrons. The lowest BCUT2D eigenvalue weighted by Crippen LogP contribution is -2.21. The molecule has 0 saturated carbocycles. The maximum Gasteiger partial charge on any atom is 0.262 e. The van der Waals surface area contributed by atoms with Gasteiger partial charge in [0.2, 0.25) is 5.55 Å². The highest BCUT2D eigenvalue weighted by molar-refractivity contribution is 7.13. The SMILES string of the molecule is O=C(Nc1nccs1)c1cc2cc(Cl)ccc2oc1=Nc1ccccc1. The molecule has 0 fully saturated rings. The maximum atomic E-state index is 12.8. The number of rotatable bonds is 3. The summed E-state index contributed by atoms with van der Waals surface area (Å²) < 4.78 is 5.89. The van der Waals surface area contributed by atoms with E-state index in [1.54, 1.807) is 35.8 Å². The van der Waals surface area contributed by atoms with Crippen molar-refractivity contribution in [3.05, 3.63) is 82.3 Å². The Morgan fingerprint density at radius 2 is 2.00 bits per heavy atom. The van der Waals surface area contributed by atoms with Gasteiger partial charge in [-0.15, -0.1) is 11.3 Å². The number of nitrogens with one attached hydrogen (secondary N) is 1. The van der Waals surface area contributed by atoms with Gasteiger partial charge in [-0.1, -0.05) is 29.8 Å². The van der Waals surface area contributed by atoms with Crippen LogP contribution in [-0.4, -0.2) is 10.9 Å². The van der Waals surface area contributed by atoms with Crippen molar-refractivity contribution < 1.29 is 9.21 Å². The van der Waals surface area contributed by atoms with E-state index in [4.69, 9.17) is 16.0 Å². The quantitative estimate of drug-likeness (QED) is 0.541. The minimum Gasteiger partial charge on any atom is -0.438 e. The number of hydrogen-bond donors (Lipinski definition) is 1. The zero-order valence-corrected chi connectivity index (χ0v) is 14.9. The number of fused-ring (bicyclic) bond motifs is 1. The predicted octanol–water partition coefficient (Wildman–Crippen LogP) is 5.03. The number of carbonyl (C=O) groups is 1. The van der Waals surface area contributed by atoms with Crippen LogP contribution in [0.5, 0.6) is 0 Å². The van der Waals surface area contributed by atoms with E-state index in [1.165, 1.54) is 11.3 Å². The molecule has 0 atom stereocenters. The highest BCUT2D eigenvalue weighted by Gasteiger charge is 2.14. The second kappa shape index (κ2) is 7.11. The molecule has 0 radical (unpaired) electrons. The largest absolute Gasteiger partial charge is 0.438 e. The third kappa shape index (κ3) is 3.51. The Morgan fingerprint density at radius 1 is 1.15 bits per heavy atom. The van der Waals surface area contributed by atoms with Crippen LogP contribution in [0.2, 0.25) is 5.02 Å². The number of para-hydroxylation sites is 1.